The maximum Gasteiger partial charge on any atom is 1.00 e. The van der Waals surface area contributed by atoms with E-state index in [0.29, 0.717) is 0 Å². The van der Waals surface area contributed by atoms with Crippen molar-refractivity contribution < 1.29 is 46.2 Å². The first-order valence-electron chi connectivity index (χ1n) is 1.61. The Morgan fingerprint density at radius 2 is 1.20 bits per heavy atom. The van der Waals surface area contributed by atoms with E-state index in [-0.39, 0.29) is 20.3 Å². The Kier molecular flexibility index (Phi) is 4.83. The standard InChI is InChI=1S/CH4O6S2.Li.H/c2-8(3,4)1-9(5,6)7;;/h1H2,(H,2,3,4)(H,5,6,7);;/q;+1;-1. The van der Waals surface area contributed by atoms with Crippen LogP contribution in [-0.2, 0) is 20.2 Å². The molecule has 2 N–H and O–H groups in total. The normalized spacial score (nSPS) is 12.2. The molecule has 0 aliphatic rings. The van der Waals surface area contributed by atoms with Crippen molar-refractivity contribution in [2.45, 2.75) is 0 Å². The molecule has 9 heteroatoms. The van der Waals surface area contributed by atoms with E-state index < -0.39 is 25.3 Å². The summed E-state index contributed by atoms with van der Waals surface area (Å²) in [6, 6.07) is 0. The number of rotatable bonds is 2. The second kappa shape index (κ2) is 3.71. The molecule has 0 aromatic rings. The van der Waals surface area contributed by atoms with Crippen molar-refractivity contribution in [1.82, 2.24) is 0 Å². The Morgan fingerprint density at radius 3 is 1.20 bits per heavy atom. The van der Waals surface area contributed by atoms with Crippen LogP contribution in [0.3, 0.4) is 0 Å². The summed E-state index contributed by atoms with van der Waals surface area (Å²) in [7, 11) is -9.24. The SMILES string of the molecule is O=S(=O)(O)CS(=O)(=O)O.[H-].[Li+]. The Hall–Kier alpha value is 0.417. The van der Waals surface area contributed by atoms with E-state index >= 15 is 0 Å². The minimum absolute atomic E-state index is 0. The zero-order valence-corrected chi connectivity index (χ0v) is 6.68. The van der Waals surface area contributed by atoms with Crippen LogP contribution in [0.5, 0.6) is 0 Å². The monoisotopic (exact) mass is 184 g/mol. The van der Waals surface area contributed by atoms with Crippen molar-refractivity contribution >= 4 is 20.2 Å². The predicted molar refractivity (Wildman–Crippen MR) is 29.1 cm³/mol. The molecule has 0 aliphatic heterocycles. The second-order valence-electron chi connectivity index (χ2n) is 1.28. The summed E-state index contributed by atoms with van der Waals surface area (Å²) in [5.74, 6) is 0. The topological polar surface area (TPSA) is 109 Å². The first kappa shape index (κ1) is 13.0. The van der Waals surface area contributed by atoms with Gasteiger partial charge >= 0.3 is 18.9 Å². The van der Waals surface area contributed by atoms with Gasteiger partial charge in [0.25, 0.3) is 20.2 Å². The molecule has 58 valence electrons. The van der Waals surface area contributed by atoms with E-state index in [0.717, 1.165) is 0 Å². The van der Waals surface area contributed by atoms with Crippen molar-refractivity contribution in [3.05, 3.63) is 0 Å². The molecule has 0 atom stereocenters. The fourth-order valence-electron chi connectivity index (χ4n) is 0.188. The average Bonchev–Trinajstić information content (AvgIpc) is 1.14. The smallest absolute Gasteiger partial charge is 1.00 e. The van der Waals surface area contributed by atoms with Crippen LogP contribution in [0.25, 0.3) is 0 Å². The molecule has 10 heavy (non-hydrogen) atoms. The summed E-state index contributed by atoms with van der Waals surface area (Å²) >= 11 is 0. The third-order valence-corrected chi connectivity index (χ3v) is 2.68. The average molecular weight is 184 g/mol. The van der Waals surface area contributed by atoms with Crippen LogP contribution in [0.1, 0.15) is 1.43 Å². The second-order valence-corrected chi connectivity index (χ2v) is 4.55. The van der Waals surface area contributed by atoms with Gasteiger partial charge in [-0.2, -0.15) is 16.8 Å². The Morgan fingerprint density at radius 1 is 1.00 bits per heavy atom. The predicted octanol–water partition coefficient (Wildman–Crippen LogP) is -4.16. The summed E-state index contributed by atoms with van der Waals surface area (Å²) in [4.78, 5) is 0. The van der Waals surface area contributed by atoms with Gasteiger partial charge in [-0.25, -0.2) is 0 Å². The van der Waals surface area contributed by atoms with Crippen molar-refractivity contribution in [2.24, 2.45) is 0 Å². The molecule has 0 heterocycles. The Balaban J connectivity index is -0.000000320. The number of hydrogen-bond donors (Lipinski definition) is 2. The van der Waals surface area contributed by atoms with Crippen molar-refractivity contribution in [3.63, 3.8) is 0 Å². The van der Waals surface area contributed by atoms with E-state index in [1.165, 1.54) is 0 Å². The van der Waals surface area contributed by atoms with Crippen LogP contribution in [0.15, 0.2) is 0 Å². The maximum atomic E-state index is 9.66. The fraction of sp³-hybridized carbons (Fsp3) is 1.00. The molecule has 0 aromatic heterocycles. The van der Waals surface area contributed by atoms with Crippen LogP contribution in [-0.4, -0.2) is 31.0 Å². The van der Waals surface area contributed by atoms with Gasteiger partial charge in [0.15, 0.2) is 0 Å². The summed E-state index contributed by atoms with van der Waals surface area (Å²) in [5.41, 5.74) is 0. The minimum Gasteiger partial charge on any atom is -1.00 e. The van der Waals surface area contributed by atoms with E-state index in [9.17, 15) is 16.8 Å². The molecule has 0 saturated carbocycles. The quantitative estimate of drug-likeness (QED) is 0.333. The molecule has 0 bridgehead atoms. The van der Waals surface area contributed by atoms with E-state index in [2.05, 4.69) is 0 Å². The molecule has 0 radical (unpaired) electrons. The molecule has 0 fully saturated rings. The molecule has 0 aliphatic carbocycles. The molecule has 0 aromatic carbocycles. The van der Waals surface area contributed by atoms with Crippen molar-refractivity contribution in [1.29, 1.82) is 0 Å². The molecule has 6 nitrogen and oxygen atoms in total. The fourth-order valence-corrected chi connectivity index (χ4v) is 1.69. The zero-order valence-electron chi connectivity index (χ0n) is 6.05. The molecule has 0 saturated heterocycles. The van der Waals surface area contributed by atoms with Crippen LogP contribution < -0.4 is 18.9 Å². The van der Waals surface area contributed by atoms with E-state index in [4.69, 9.17) is 9.11 Å². The third-order valence-electron chi connectivity index (χ3n) is 0.298. The van der Waals surface area contributed by atoms with Gasteiger partial charge in [0.1, 0.15) is 0 Å². The Labute approximate surface area is 71.8 Å². The van der Waals surface area contributed by atoms with Gasteiger partial charge in [0.05, 0.1) is 0 Å². The van der Waals surface area contributed by atoms with Gasteiger partial charge in [-0.15, -0.1) is 0 Å². The van der Waals surface area contributed by atoms with Gasteiger partial charge in [-0.3, -0.25) is 9.11 Å². The molecule has 0 unspecified atom stereocenters. The molecule has 0 rings (SSSR count). The summed E-state index contributed by atoms with van der Waals surface area (Å²) < 4.78 is 54.2. The Bertz CT molecular complexity index is 246. The van der Waals surface area contributed by atoms with Gasteiger partial charge in [-0.1, -0.05) is 0 Å². The largest absolute Gasteiger partial charge is 1.00 e. The zero-order chi connectivity index (χ0) is 7.71. The minimum atomic E-state index is -4.62. The van der Waals surface area contributed by atoms with Crippen LogP contribution in [0.4, 0.5) is 0 Å². The molecule has 0 spiro atoms. The summed E-state index contributed by atoms with van der Waals surface area (Å²) in [6.45, 7) is 0. The maximum absolute atomic E-state index is 9.66. The van der Waals surface area contributed by atoms with Crippen LogP contribution >= 0.6 is 0 Å². The van der Waals surface area contributed by atoms with E-state index in [1.54, 1.807) is 0 Å². The van der Waals surface area contributed by atoms with Gasteiger partial charge < -0.3 is 1.43 Å². The van der Waals surface area contributed by atoms with Gasteiger partial charge in [0.2, 0.25) is 5.08 Å². The third kappa shape index (κ3) is 11.2. The van der Waals surface area contributed by atoms with Crippen LogP contribution in [0, 0.1) is 0 Å². The summed E-state index contributed by atoms with van der Waals surface area (Å²) in [6.07, 6.45) is 0. The van der Waals surface area contributed by atoms with Crippen molar-refractivity contribution in [3.8, 4) is 0 Å². The molecular formula is CH5LiO6S2. The summed E-state index contributed by atoms with van der Waals surface area (Å²) in [5, 5.41) is -1.65. The van der Waals surface area contributed by atoms with Crippen molar-refractivity contribution in [2.75, 3.05) is 5.08 Å². The number of hydrogen-bond acceptors (Lipinski definition) is 4. The molecule has 0 amide bonds. The van der Waals surface area contributed by atoms with Crippen LogP contribution in [0.2, 0.25) is 0 Å². The first-order chi connectivity index (χ1) is 3.71. The van der Waals surface area contributed by atoms with E-state index in [1.807, 2.05) is 0 Å². The van der Waals surface area contributed by atoms with Gasteiger partial charge in [-0.05, 0) is 0 Å². The van der Waals surface area contributed by atoms with Gasteiger partial charge in [0, 0.05) is 0 Å². The first-order valence-corrected chi connectivity index (χ1v) is 4.83. The molecular weight excluding hydrogens is 179 g/mol.